The molecule has 2 atom stereocenters. The third-order valence-electron chi connectivity index (χ3n) is 5.20. The van der Waals surface area contributed by atoms with Crippen LogP contribution in [-0.2, 0) is 9.59 Å². The molecule has 1 saturated heterocycles. The van der Waals surface area contributed by atoms with E-state index in [1.54, 1.807) is 37.3 Å². The number of benzene rings is 2. The summed E-state index contributed by atoms with van der Waals surface area (Å²) in [4.78, 5) is 27.0. The average Bonchev–Trinajstić information content (AvgIpc) is 3.15. The van der Waals surface area contributed by atoms with E-state index < -0.39 is 5.92 Å². The molecule has 0 radical (unpaired) electrons. The first-order valence-corrected chi connectivity index (χ1v) is 10.0. The fraction of sp³-hybridized carbons (Fsp3) is 0.391. The van der Waals surface area contributed by atoms with Crippen LogP contribution in [0.15, 0.2) is 42.5 Å². The number of carbonyl (C=O) groups is 2. The van der Waals surface area contributed by atoms with E-state index in [2.05, 4.69) is 5.32 Å². The monoisotopic (exact) mass is 412 g/mol. The van der Waals surface area contributed by atoms with Crippen molar-refractivity contribution in [2.24, 2.45) is 5.92 Å². The molecule has 2 aromatic carbocycles. The Kier molecular flexibility index (Phi) is 6.82. The van der Waals surface area contributed by atoms with Crippen LogP contribution in [0.5, 0.6) is 17.2 Å². The summed E-state index contributed by atoms with van der Waals surface area (Å²) in [6, 6.07) is 12.8. The minimum Gasteiger partial charge on any atom is -0.494 e. The highest BCUT2D eigenvalue weighted by molar-refractivity contribution is 6.00. The molecule has 1 aliphatic heterocycles. The van der Waals surface area contributed by atoms with Gasteiger partial charge < -0.3 is 24.4 Å². The summed E-state index contributed by atoms with van der Waals surface area (Å²) < 4.78 is 16.1. The van der Waals surface area contributed by atoms with Gasteiger partial charge in [0.2, 0.25) is 11.8 Å². The molecular weight excluding hydrogens is 384 g/mol. The van der Waals surface area contributed by atoms with Gasteiger partial charge in [0, 0.05) is 24.7 Å². The Hall–Kier alpha value is -3.22. The fourth-order valence-corrected chi connectivity index (χ4v) is 3.58. The van der Waals surface area contributed by atoms with Crippen LogP contribution in [0.1, 0.15) is 31.9 Å². The molecule has 7 heteroatoms. The zero-order valence-electron chi connectivity index (χ0n) is 17.8. The second-order valence-electron chi connectivity index (χ2n) is 7.18. The Morgan fingerprint density at radius 2 is 1.93 bits per heavy atom. The highest BCUT2D eigenvalue weighted by Crippen LogP contribution is 2.34. The SMILES string of the molecule is CCOc1cccc(C(C)NC(=O)C2CC(=O)N(c3ccc(OC)c(OC)c3)C2)c1. The smallest absolute Gasteiger partial charge is 0.227 e. The van der Waals surface area contributed by atoms with Gasteiger partial charge in [0.15, 0.2) is 11.5 Å². The minimum absolute atomic E-state index is 0.0895. The molecular formula is C23H28N2O5. The third-order valence-corrected chi connectivity index (χ3v) is 5.20. The summed E-state index contributed by atoms with van der Waals surface area (Å²) in [5, 5.41) is 3.02. The molecule has 1 N–H and O–H groups in total. The number of hydrogen-bond donors (Lipinski definition) is 1. The lowest BCUT2D eigenvalue weighted by Gasteiger charge is -2.20. The molecule has 2 amide bonds. The van der Waals surface area contributed by atoms with Crippen LogP contribution in [0.3, 0.4) is 0 Å². The van der Waals surface area contributed by atoms with Gasteiger partial charge >= 0.3 is 0 Å². The molecule has 2 aromatic rings. The number of anilines is 1. The van der Waals surface area contributed by atoms with Gasteiger partial charge in [-0.1, -0.05) is 12.1 Å². The summed E-state index contributed by atoms with van der Waals surface area (Å²) >= 11 is 0. The standard InChI is InChI=1S/C23H28N2O5/c1-5-30-19-8-6-7-16(11-19)15(2)24-23(27)17-12-22(26)25(14-17)18-9-10-20(28-3)21(13-18)29-4/h6-11,13,15,17H,5,12,14H2,1-4H3,(H,24,27). The number of ether oxygens (including phenoxy) is 3. The van der Waals surface area contributed by atoms with E-state index in [-0.39, 0.29) is 24.3 Å². The summed E-state index contributed by atoms with van der Waals surface area (Å²) in [6.07, 6.45) is 0.173. The minimum atomic E-state index is -0.414. The highest BCUT2D eigenvalue weighted by Gasteiger charge is 2.36. The number of hydrogen-bond acceptors (Lipinski definition) is 5. The van der Waals surface area contributed by atoms with Crippen molar-refractivity contribution in [2.75, 3.05) is 32.3 Å². The Labute approximate surface area is 176 Å². The summed E-state index contributed by atoms with van der Waals surface area (Å²) in [5.41, 5.74) is 1.64. The van der Waals surface area contributed by atoms with Gasteiger partial charge in [-0.15, -0.1) is 0 Å². The molecule has 0 bridgehead atoms. The fourth-order valence-electron chi connectivity index (χ4n) is 3.58. The second kappa shape index (κ2) is 9.52. The number of carbonyl (C=O) groups excluding carboxylic acids is 2. The maximum atomic E-state index is 12.8. The summed E-state index contributed by atoms with van der Waals surface area (Å²) in [5.74, 6) is 1.26. The van der Waals surface area contributed by atoms with Crippen molar-refractivity contribution in [3.05, 3.63) is 48.0 Å². The van der Waals surface area contributed by atoms with Gasteiger partial charge in [-0.25, -0.2) is 0 Å². The van der Waals surface area contributed by atoms with Gasteiger partial charge in [-0.3, -0.25) is 9.59 Å². The molecule has 0 aromatic heterocycles. The molecule has 30 heavy (non-hydrogen) atoms. The molecule has 0 spiro atoms. The van der Waals surface area contributed by atoms with Gasteiger partial charge in [-0.2, -0.15) is 0 Å². The van der Waals surface area contributed by atoms with Gasteiger partial charge in [0.1, 0.15) is 5.75 Å². The van der Waals surface area contributed by atoms with E-state index in [1.807, 2.05) is 38.1 Å². The van der Waals surface area contributed by atoms with E-state index in [0.717, 1.165) is 11.3 Å². The number of nitrogens with one attached hydrogen (secondary N) is 1. The number of rotatable bonds is 8. The predicted octanol–water partition coefficient (Wildman–Crippen LogP) is 3.33. The van der Waals surface area contributed by atoms with Gasteiger partial charge in [0.05, 0.1) is 32.8 Å². The van der Waals surface area contributed by atoms with Crippen LogP contribution in [0.25, 0.3) is 0 Å². The first kappa shape index (κ1) is 21.5. The maximum absolute atomic E-state index is 12.8. The zero-order chi connectivity index (χ0) is 21.7. The lowest BCUT2D eigenvalue weighted by molar-refractivity contribution is -0.126. The van der Waals surface area contributed by atoms with Crippen LogP contribution >= 0.6 is 0 Å². The Bertz CT molecular complexity index is 914. The van der Waals surface area contributed by atoms with Crippen LogP contribution < -0.4 is 24.4 Å². The van der Waals surface area contributed by atoms with E-state index in [1.165, 1.54) is 0 Å². The van der Waals surface area contributed by atoms with E-state index in [9.17, 15) is 9.59 Å². The molecule has 7 nitrogen and oxygen atoms in total. The highest BCUT2D eigenvalue weighted by atomic mass is 16.5. The molecule has 0 aliphatic carbocycles. The van der Waals surface area contributed by atoms with Crippen molar-refractivity contribution in [3.8, 4) is 17.2 Å². The van der Waals surface area contributed by atoms with Crippen molar-refractivity contribution in [1.29, 1.82) is 0 Å². The average molecular weight is 412 g/mol. The van der Waals surface area contributed by atoms with Crippen molar-refractivity contribution >= 4 is 17.5 Å². The van der Waals surface area contributed by atoms with E-state index in [4.69, 9.17) is 14.2 Å². The quantitative estimate of drug-likeness (QED) is 0.720. The first-order chi connectivity index (χ1) is 14.5. The van der Waals surface area contributed by atoms with Gasteiger partial charge in [0.25, 0.3) is 0 Å². The maximum Gasteiger partial charge on any atom is 0.227 e. The zero-order valence-corrected chi connectivity index (χ0v) is 17.8. The Morgan fingerprint density at radius 3 is 2.63 bits per heavy atom. The molecule has 160 valence electrons. The van der Waals surface area contributed by atoms with Crippen molar-refractivity contribution < 1.29 is 23.8 Å². The van der Waals surface area contributed by atoms with Crippen LogP contribution in [0, 0.1) is 5.92 Å². The number of nitrogens with zero attached hydrogens (tertiary/aromatic N) is 1. The molecule has 3 rings (SSSR count). The number of amides is 2. The molecule has 1 fully saturated rings. The van der Waals surface area contributed by atoms with Crippen LogP contribution in [0.4, 0.5) is 5.69 Å². The van der Waals surface area contributed by atoms with Crippen molar-refractivity contribution in [2.45, 2.75) is 26.3 Å². The molecule has 1 aliphatic rings. The Morgan fingerprint density at radius 1 is 1.17 bits per heavy atom. The molecule has 2 unspecified atom stereocenters. The van der Waals surface area contributed by atoms with E-state index >= 15 is 0 Å². The van der Waals surface area contributed by atoms with Crippen molar-refractivity contribution in [1.82, 2.24) is 5.32 Å². The van der Waals surface area contributed by atoms with Crippen LogP contribution in [0.2, 0.25) is 0 Å². The predicted molar refractivity (Wildman–Crippen MR) is 114 cm³/mol. The lowest BCUT2D eigenvalue weighted by Crippen LogP contribution is -2.34. The second-order valence-corrected chi connectivity index (χ2v) is 7.18. The lowest BCUT2D eigenvalue weighted by atomic mass is 10.0. The van der Waals surface area contributed by atoms with Crippen LogP contribution in [-0.4, -0.2) is 39.2 Å². The Balaban J connectivity index is 1.67. The normalized spacial score (nSPS) is 16.9. The van der Waals surface area contributed by atoms with E-state index in [0.29, 0.717) is 30.3 Å². The molecule has 1 heterocycles. The summed E-state index contributed by atoms with van der Waals surface area (Å²) in [6.45, 7) is 4.76. The first-order valence-electron chi connectivity index (χ1n) is 10.0. The summed E-state index contributed by atoms with van der Waals surface area (Å²) in [7, 11) is 3.11. The molecule has 0 saturated carbocycles. The number of methoxy groups -OCH3 is 2. The van der Waals surface area contributed by atoms with Gasteiger partial charge in [-0.05, 0) is 43.7 Å². The third kappa shape index (κ3) is 4.67. The van der Waals surface area contributed by atoms with Crippen molar-refractivity contribution in [3.63, 3.8) is 0 Å². The topological polar surface area (TPSA) is 77.1 Å². The largest absolute Gasteiger partial charge is 0.494 e.